The normalized spacial score (nSPS) is 11.5. The summed E-state index contributed by atoms with van der Waals surface area (Å²) in [5, 5.41) is 4.89. The van der Waals surface area contributed by atoms with Gasteiger partial charge in [-0.25, -0.2) is 4.98 Å². The summed E-state index contributed by atoms with van der Waals surface area (Å²) in [4.78, 5) is 15.3. The van der Waals surface area contributed by atoms with Crippen LogP contribution >= 0.6 is 22.9 Å². The van der Waals surface area contributed by atoms with Crippen molar-refractivity contribution in [3.8, 4) is 10.6 Å². The van der Waals surface area contributed by atoms with E-state index >= 15 is 0 Å². The summed E-state index contributed by atoms with van der Waals surface area (Å²) in [6, 6.07) is 5.06. The topological polar surface area (TPSA) is 42.0 Å². The van der Waals surface area contributed by atoms with E-state index in [0.29, 0.717) is 29.2 Å². The molecule has 0 saturated carbocycles. The van der Waals surface area contributed by atoms with Crippen molar-refractivity contribution in [1.82, 2.24) is 10.3 Å². The number of alkyl halides is 4. The van der Waals surface area contributed by atoms with Crippen molar-refractivity contribution in [1.29, 1.82) is 0 Å². The predicted octanol–water partition coefficient (Wildman–Crippen LogP) is 3.73. The fourth-order valence-corrected chi connectivity index (χ4v) is 2.71. The Morgan fingerprint density at radius 3 is 2.82 bits per heavy atom. The average Bonchev–Trinajstić information content (AvgIpc) is 2.95. The first-order chi connectivity index (χ1) is 10.4. The van der Waals surface area contributed by atoms with Gasteiger partial charge >= 0.3 is 6.18 Å². The molecule has 2 rings (SSSR count). The summed E-state index contributed by atoms with van der Waals surface area (Å²) < 4.78 is 38.1. The highest BCUT2D eigenvalue weighted by atomic mass is 35.5. The molecular formula is C14H12ClF3N2OS. The molecule has 0 atom stereocenters. The molecule has 3 nitrogen and oxygen atoms in total. The Balaban J connectivity index is 2.07. The number of nitrogens with zero attached hydrogens (tertiary/aromatic N) is 1. The van der Waals surface area contributed by atoms with Crippen molar-refractivity contribution in [2.75, 3.05) is 12.4 Å². The van der Waals surface area contributed by atoms with Crippen molar-refractivity contribution < 1.29 is 18.0 Å². The lowest BCUT2D eigenvalue weighted by Gasteiger charge is -2.07. The van der Waals surface area contributed by atoms with E-state index in [0.717, 1.165) is 12.1 Å². The summed E-state index contributed by atoms with van der Waals surface area (Å²) in [5.74, 6) is -0.373. The number of hydrogen-bond acceptors (Lipinski definition) is 3. The molecule has 0 bridgehead atoms. The maximum Gasteiger partial charge on any atom is 0.416 e. The lowest BCUT2D eigenvalue weighted by atomic mass is 10.1. The molecule has 0 radical (unpaired) electrons. The minimum Gasteiger partial charge on any atom is -0.355 e. The van der Waals surface area contributed by atoms with Crippen molar-refractivity contribution in [2.45, 2.75) is 12.6 Å². The first-order valence-electron chi connectivity index (χ1n) is 6.35. The Hall–Kier alpha value is -1.60. The van der Waals surface area contributed by atoms with E-state index in [9.17, 15) is 18.0 Å². The highest BCUT2D eigenvalue weighted by Crippen LogP contribution is 2.33. The van der Waals surface area contributed by atoms with Gasteiger partial charge in [0.2, 0.25) is 5.91 Å². The zero-order valence-electron chi connectivity index (χ0n) is 11.3. The van der Waals surface area contributed by atoms with Crippen LogP contribution in [0.3, 0.4) is 0 Å². The number of thiazole rings is 1. The van der Waals surface area contributed by atoms with Crippen LogP contribution in [-0.4, -0.2) is 23.3 Å². The highest BCUT2D eigenvalue weighted by molar-refractivity contribution is 7.13. The first-order valence-corrected chi connectivity index (χ1v) is 7.76. The van der Waals surface area contributed by atoms with E-state index in [1.807, 2.05) is 0 Å². The third-order valence-corrected chi connectivity index (χ3v) is 4.00. The molecule has 0 spiro atoms. The monoisotopic (exact) mass is 348 g/mol. The van der Waals surface area contributed by atoms with Crippen molar-refractivity contribution in [2.24, 2.45) is 0 Å². The van der Waals surface area contributed by atoms with Crippen LogP contribution in [0.4, 0.5) is 13.2 Å². The van der Waals surface area contributed by atoms with Gasteiger partial charge in [-0.05, 0) is 12.1 Å². The van der Waals surface area contributed by atoms with E-state index < -0.39 is 11.7 Å². The van der Waals surface area contributed by atoms with Gasteiger partial charge in [0.05, 0.1) is 11.3 Å². The fourth-order valence-electron chi connectivity index (χ4n) is 1.76. The number of amides is 1. The maximum atomic E-state index is 12.7. The summed E-state index contributed by atoms with van der Waals surface area (Å²) in [6.07, 6.45) is -3.87. The molecule has 1 aromatic carbocycles. The van der Waals surface area contributed by atoms with Crippen LogP contribution in [0.2, 0.25) is 0 Å². The van der Waals surface area contributed by atoms with Gasteiger partial charge in [-0.3, -0.25) is 4.79 Å². The summed E-state index contributed by atoms with van der Waals surface area (Å²) in [5.41, 5.74) is 0.444. The smallest absolute Gasteiger partial charge is 0.355 e. The number of aromatic nitrogens is 1. The number of nitrogens with one attached hydrogen (secondary N) is 1. The molecule has 2 aromatic rings. The van der Waals surface area contributed by atoms with Gasteiger partial charge in [0.1, 0.15) is 10.9 Å². The summed E-state index contributed by atoms with van der Waals surface area (Å²) in [6.45, 7) is 0.386. The lowest BCUT2D eigenvalue weighted by Crippen LogP contribution is -2.26. The quantitative estimate of drug-likeness (QED) is 0.837. The Morgan fingerprint density at radius 2 is 2.14 bits per heavy atom. The van der Waals surface area contributed by atoms with Gasteiger partial charge < -0.3 is 5.32 Å². The Labute approximate surface area is 134 Å². The van der Waals surface area contributed by atoms with Gasteiger partial charge in [0.25, 0.3) is 0 Å². The molecule has 1 N–H and O–H groups in total. The number of benzene rings is 1. The van der Waals surface area contributed by atoms with Gasteiger partial charge in [-0.1, -0.05) is 12.1 Å². The molecule has 118 valence electrons. The van der Waals surface area contributed by atoms with E-state index in [1.54, 1.807) is 11.4 Å². The molecule has 22 heavy (non-hydrogen) atoms. The molecule has 1 aromatic heterocycles. The third-order valence-electron chi connectivity index (χ3n) is 2.81. The van der Waals surface area contributed by atoms with Crippen LogP contribution in [0.15, 0.2) is 29.6 Å². The van der Waals surface area contributed by atoms with Gasteiger partial charge in [-0.15, -0.1) is 22.9 Å². The zero-order chi connectivity index (χ0) is 16.2. The number of hydrogen-bond donors (Lipinski definition) is 1. The van der Waals surface area contributed by atoms with E-state index in [-0.39, 0.29) is 11.8 Å². The minimum absolute atomic E-state index is 0.105. The largest absolute Gasteiger partial charge is 0.416 e. The third kappa shape index (κ3) is 4.45. The molecule has 1 heterocycles. The molecule has 0 aliphatic rings. The summed E-state index contributed by atoms with van der Waals surface area (Å²) in [7, 11) is 0. The van der Waals surface area contributed by atoms with Crippen LogP contribution in [0.1, 0.15) is 11.3 Å². The van der Waals surface area contributed by atoms with Gasteiger partial charge in [0, 0.05) is 23.9 Å². The standard InChI is InChI=1S/C14H12ClF3N2OS/c15-7-12(21)19-5-4-11-8-22-13(20-11)9-2-1-3-10(6-9)14(16,17)18/h1-3,6,8H,4-5,7H2,(H,19,21). The molecular weight excluding hydrogens is 337 g/mol. The second kappa shape index (κ2) is 7.11. The second-order valence-corrected chi connectivity index (χ2v) is 5.58. The highest BCUT2D eigenvalue weighted by Gasteiger charge is 2.30. The summed E-state index contributed by atoms with van der Waals surface area (Å²) >= 11 is 6.62. The van der Waals surface area contributed by atoms with Gasteiger partial charge in [0.15, 0.2) is 0 Å². The number of carbonyl (C=O) groups is 1. The zero-order valence-corrected chi connectivity index (χ0v) is 12.9. The second-order valence-electron chi connectivity index (χ2n) is 4.46. The Bertz CT molecular complexity index is 658. The van der Waals surface area contributed by atoms with Crippen LogP contribution in [0.25, 0.3) is 10.6 Å². The SMILES string of the molecule is O=C(CCl)NCCc1csc(-c2cccc(C(F)(F)F)c2)n1. The Morgan fingerprint density at radius 1 is 1.36 bits per heavy atom. The van der Waals surface area contributed by atoms with Crippen LogP contribution < -0.4 is 5.32 Å². The fraction of sp³-hybridized carbons (Fsp3) is 0.286. The Kier molecular flexibility index (Phi) is 5.42. The maximum absolute atomic E-state index is 12.7. The van der Waals surface area contributed by atoms with Crippen LogP contribution in [0.5, 0.6) is 0 Å². The average molecular weight is 349 g/mol. The van der Waals surface area contributed by atoms with Crippen molar-refractivity contribution in [3.63, 3.8) is 0 Å². The van der Waals surface area contributed by atoms with Gasteiger partial charge in [-0.2, -0.15) is 13.2 Å². The molecule has 8 heteroatoms. The molecule has 0 fully saturated rings. The first kappa shape index (κ1) is 16.8. The molecule has 0 saturated heterocycles. The van der Waals surface area contributed by atoms with E-state index in [2.05, 4.69) is 10.3 Å². The van der Waals surface area contributed by atoms with Crippen LogP contribution in [0, 0.1) is 0 Å². The minimum atomic E-state index is -4.37. The molecule has 1 amide bonds. The number of carbonyl (C=O) groups excluding carboxylic acids is 1. The van der Waals surface area contributed by atoms with Crippen LogP contribution in [-0.2, 0) is 17.4 Å². The molecule has 0 aliphatic heterocycles. The van der Waals surface area contributed by atoms with Crippen molar-refractivity contribution >= 4 is 28.8 Å². The van der Waals surface area contributed by atoms with Crippen molar-refractivity contribution in [3.05, 3.63) is 40.9 Å². The number of rotatable bonds is 5. The van der Waals surface area contributed by atoms with E-state index in [1.165, 1.54) is 17.4 Å². The number of halogens is 4. The molecule has 0 unspecified atom stereocenters. The van der Waals surface area contributed by atoms with E-state index in [4.69, 9.17) is 11.6 Å². The predicted molar refractivity (Wildman–Crippen MR) is 80.0 cm³/mol. The lowest BCUT2D eigenvalue weighted by molar-refractivity contribution is -0.137. The molecule has 0 aliphatic carbocycles.